The molecule has 18 heavy (non-hydrogen) atoms. The van der Waals surface area contributed by atoms with Crippen LogP contribution in [0.1, 0.15) is 13.3 Å². The standard InChI is InChI=1S/C13H20N2O2S/c1-10-7-8-15(9-11(10)14)12-5-3-4-6-13(12)18(2,16)17/h3-6,10-11H,7-9,14H2,1-2H3. The van der Waals surface area contributed by atoms with Crippen molar-refractivity contribution in [2.24, 2.45) is 11.7 Å². The quantitative estimate of drug-likeness (QED) is 0.877. The first-order valence-corrected chi connectivity index (χ1v) is 8.08. The van der Waals surface area contributed by atoms with Crippen LogP contribution in [0, 0.1) is 5.92 Å². The maximum atomic E-state index is 11.8. The van der Waals surface area contributed by atoms with E-state index in [4.69, 9.17) is 5.73 Å². The van der Waals surface area contributed by atoms with Crippen LogP contribution in [0.4, 0.5) is 5.69 Å². The summed E-state index contributed by atoms with van der Waals surface area (Å²) < 4.78 is 23.6. The number of hydrogen-bond donors (Lipinski definition) is 1. The highest BCUT2D eigenvalue weighted by atomic mass is 32.2. The van der Waals surface area contributed by atoms with Crippen molar-refractivity contribution in [2.45, 2.75) is 24.3 Å². The first-order chi connectivity index (χ1) is 8.39. The van der Waals surface area contributed by atoms with Crippen LogP contribution in [0.5, 0.6) is 0 Å². The lowest BCUT2D eigenvalue weighted by Gasteiger charge is -2.37. The van der Waals surface area contributed by atoms with Crippen LogP contribution in [-0.2, 0) is 9.84 Å². The van der Waals surface area contributed by atoms with Gasteiger partial charge in [0, 0.05) is 25.4 Å². The Morgan fingerprint density at radius 2 is 2.00 bits per heavy atom. The molecule has 5 heteroatoms. The molecule has 1 aromatic carbocycles. The molecule has 0 aromatic heterocycles. The molecule has 1 aliphatic rings. The smallest absolute Gasteiger partial charge is 0.177 e. The lowest BCUT2D eigenvalue weighted by Crippen LogP contribution is -2.47. The van der Waals surface area contributed by atoms with Gasteiger partial charge in [-0.2, -0.15) is 0 Å². The van der Waals surface area contributed by atoms with Gasteiger partial charge in [0.15, 0.2) is 9.84 Å². The van der Waals surface area contributed by atoms with Crippen molar-refractivity contribution in [1.29, 1.82) is 0 Å². The molecule has 1 heterocycles. The van der Waals surface area contributed by atoms with Crippen LogP contribution < -0.4 is 10.6 Å². The third kappa shape index (κ3) is 2.67. The summed E-state index contributed by atoms with van der Waals surface area (Å²) in [5.74, 6) is 0.492. The molecule has 2 N–H and O–H groups in total. The molecule has 1 aromatic rings. The maximum Gasteiger partial charge on any atom is 0.177 e. The number of nitrogens with two attached hydrogens (primary N) is 1. The lowest BCUT2D eigenvalue weighted by atomic mass is 9.94. The fourth-order valence-electron chi connectivity index (χ4n) is 2.35. The first-order valence-electron chi connectivity index (χ1n) is 6.19. The van der Waals surface area contributed by atoms with Crippen molar-refractivity contribution < 1.29 is 8.42 Å². The summed E-state index contributed by atoms with van der Waals surface area (Å²) in [6, 6.07) is 7.25. The number of piperidine rings is 1. The third-order valence-corrected chi connectivity index (χ3v) is 4.77. The van der Waals surface area contributed by atoms with Crippen molar-refractivity contribution in [3.05, 3.63) is 24.3 Å². The molecule has 0 amide bonds. The summed E-state index contributed by atoms with van der Waals surface area (Å²) in [6.45, 7) is 3.72. The van der Waals surface area contributed by atoms with Gasteiger partial charge in [0.1, 0.15) is 0 Å². The number of benzene rings is 1. The van der Waals surface area contributed by atoms with E-state index in [0.29, 0.717) is 17.4 Å². The Balaban J connectivity index is 2.35. The second-order valence-corrected chi connectivity index (χ2v) is 7.10. The molecule has 1 aliphatic heterocycles. The molecule has 2 unspecified atom stereocenters. The van der Waals surface area contributed by atoms with E-state index in [0.717, 1.165) is 18.7 Å². The molecule has 0 spiro atoms. The zero-order valence-electron chi connectivity index (χ0n) is 10.8. The Labute approximate surface area is 109 Å². The molecule has 0 saturated carbocycles. The minimum atomic E-state index is -3.20. The fraction of sp³-hybridized carbons (Fsp3) is 0.538. The Bertz CT molecular complexity index is 528. The van der Waals surface area contributed by atoms with E-state index >= 15 is 0 Å². The molecule has 1 fully saturated rings. The van der Waals surface area contributed by atoms with Gasteiger partial charge >= 0.3 is 0 Å². The van der Waals surface area contributed by atoms with E-state index in [1.807, 2.05) is 12.1 Å². The molecule has 1 saturated heterocycles. The largest absolute Gasteiger partial charge is 0.369 e. The zero-order valence-corrected chi connectivity index (χ0v) is 11.7. The monoisotopic (exact) mass is 268 g/mol. The summed E-state index contributed by atoms with van der Waals surface area (Å²) in [4.78, 5) is 2.48. The van der Waals surface area contributed by atoms with E-state index in [-0.39, 0.29) is 6.04 Å². The predicted octanol–water partition coefficient (Wildman–Crippen LogP) is 1.26. The van der Waals surface area contributed by atoms with Crippen LogP contribution in [-0.4, -0.2) is 33.8 Å². The Morgan fingerprint density at radius 1 is 1.33 bits per heavy atom. The van der Waals surface area contributed by atoms with Gasteiger partial charge in [-0.3, -0.25) is 0 Å². The van der Waals surface area contributed by atoms with Gasteiger partial charge in [0.2, 0.25) is 0 Å². The minimum Gasteiger partial charge on any atom is -0.369 e. The van der Waals surface area contributed by atoms with Crippen molar-refractivity contribution in [3.63, 3.8) is 0 Å². The summed E-state index contributed by atoms with van der Waals surface area (Å²) in [6.07, 6.45) is 2.25. The second kappa shape index (κ2) is 4.90. The molecule has 0 bridgehead atoms. The second-order valence-electron chi connectivity index (χ2n) is 5.12. The normalized spacial score (nSPS) is 25.2. The first kappa shape index (κ1) is 13.4. The number of nitrogens with zero attached hydrogens (tertiary/aromatic N) is 1. The van der Waals surface area contributed by atoms with E-state index in [9.17, 15) is 8.42 Å². The molecule has 2 rings (SSSR count). The van der Waals surface area contributed by atoms with Gasteiger partial charge in [-0.15, -0.1) is 0 Å². The highest BCUT2D eigenvalue weighted by Gasteiger charge is 2.26. The van der Waals surface area contributed by atoms with Crippen LogP contribution in [0.2, 0.25) is 0 Å². The molecule has 2 atom stereocenters. The van der Waals surface area contributed by atoms with Crippen molar-refractivity contribution >= 4 is 15.5 Å². The topological polar surface area (TPSA) is 63.4 Å². The van der Waals surface area contributed by atoms with Crippen LogP contribution in [0.15, 0.2) is 29.2 Å². The highest BCUT2D eigenvalue weighted by molar-refractivity contribution is 7.90. The van der Waals surface area contributed by atoms with Gasteiger partial charge in [-0.05, 0) is 24.5 Å². The van der Waals surface area contributed by atoms with Gasteiger partial charge in [-0.1, -0.05) is 19.1 Å². The molecular weight excluding hydrogens is 248 g/mol. The van der Waals surface area contributed by atoms with Crippen LogP contribution in [0.3, 0.4) is 0 Å². The number of hydrogen-bond acceptors (Lipinski definition) is 4. The summed E-state index contributed by atoms with van der Waals surface area (Å²) >= 11 is 0. The van der Waals surface area contributed by atoms with E-state index < -0.39 is 9.84 Å². The predicted molar refractivity (Wildman–Crippen MR) is 73.5 cm³/mol. The Hall–Kier alpha value is -1.07. The van der Waals surface area contributed by atoms with Gasteiger partial charge in [-0.25, -0.2) is 8.42 Å². The van der Waals surface area contributed by atoms with Gasteiger partial charge < -0.3 is 10.6 Å². The number of para-hydroxylation sites is 1. The summed E-state index contributed by atoms with van der Waals surface area (Å²) in [7, 11) is -3.20. The molecule has 0 aliphatic carbocycles. The van der Waals surface area contributed by atoms with Crippen LogP contribution >= 0.6 is 0 Å². The fourth-order valence-corrected chi connectivity index (χ4v) is 3.25. The van der Waals surface area contributed by atoms with Crippen LogP contribution in [0.25, 0.3) is 0 Å². The molecule has 4 nitrogen and oxygen atoms in total. The minimum absolute atomic E-state index is 0.103. The average Bonchev–Trinajstić information content (AvgIpc) is 2.32. The SMILES string of the molecule is CC1CCN(c2ccccc2S(C)(=O)=O)CC1N. The summed E-state index contributed by atoms with van der Waals surface area (Å²) in [5, 5.41) is 0. The number of anilines is 1. The Kier molecular flexibility index (Phi) is 3.64. The van der Waals surface area contributed by atoms with E-state index in [2.05, 4.69) is 11.8 Å². The number of sulfone groups is 1. The molecular formula is C13H20N2O2S. The van der Waals surface area contributed by atoms with Crippen molar-refractivity contribution in [3.8, 4) is 0 Å². The van der Waals surface area contributed by atoms with Gasteiger partial charge in [0.05, 0.1) is 10.6 Å². The number of rotatable bonds is 2. The lowest BCUT2D eigenvalue weighted by molar-refractivity contribution is 0.378. The average molecular weight is 268 g/mol. The van der Waals surface area contributed by atoms with Crippen molar-refractivity contribution in [1.82, 2.24) is 0 Å². The molecule has 100 valence electrons. The Morgan fingerprint density at radius 3 is 2.61 bits per heavy atom. The summed E-state index contributed by atoms with van der Waals surface area (Å²) in [5.41, 5.74) is 6.85. The van der Waals surface area contributed by atoms with Crippen molar-refractivity contribution in [2.75, 3.05) is 24.2 Å². The maximum absolute atomic E-state index is 11.8. The van der Waals surface area contributed by atoms with Gasteiger partial charge in [0.25, 0.3) is 0 Å². The highest BCUT2D eigenvalue weighted by Crippen LogP contribution is 2.28. The van der Waals surface area contributed by atoms with E-state index in [1.54, 1.807) is 12.1 Å². The van der Waals surface area contributed by atoms with E-state index in [1.165, 1.54) is 6.26 Å². The third-order valence-electron chi connectivity index (χ3n) is 3.62. The molecule has 0 radical (unpaired) electrons. The zero-order chi connectivity index (χ0) is 13.3.